The van der Waals surface area contributed by atoms with Crippen LogP contribution < -0.4 is 16.8 Å². The Labute approximate surface area is 98.0 Å². The first-order chi connectivity index (χ1) is 7.75. The molecule has 7 N–H and O–H groups in total. The molecule has 0 aromatic heterocycles. The quantitative estimate of drug-likeness (QED) is 0.335. The van der Waals surface area contributed by atoms with E-state index in [1.54, 1.807) is 0 Å². The normalized spacial score (nSPS) is 15.7. The number of hydrogen-bond donors (Lipinski definition) is 5. The molecule has 3 atom stereocenters. The van der Waals surface area contributed by atoms with Gasteiger partial charge < -0.3 is 27.0 Å². The summed E-state index contributed by atoms with van der Waals surface area (Å²) >= 11 is 0. The molecular weight excluding hydrogens is 230 g/mol. The van der Waals surface area contributed by atoms with E-state index in [0.717, 1.165) is 0 Å². The lowest BCUT2D eigenvalue weighted by Crippen LogP contribution is -2.52. The van der Waals surface area contributed by atoms with Crippen LogP contribution in [0.1, 0.15) is 19.8 Å². The Morgan fingerprint density at radius 1 is 1.35 bits per heavy atom. The number of carbonyl (C=O) groups excluding carboxylic acids is 2. The first-order valence-electron chi connectivity index (χ1n) is 5.00. The third kappa shape index (κ3) is 5.83. The summed E-state index contributed by atoms with van der Waals surface area (Å²) in [5.74, 6) is -2.75. The number of carbonyl (C=O) groups is 3. The maximum Gasteiger partial charge on any atom is 0.326 e. The highest BCUT2D eigenvalue weighted by molar-refractivity contribution is 5.87. The van der Waals surface area contributed by atoms with Gasteiger partial charge in [-0.15, -0.1) is 0 Å². The fourth-order valence-electron chi connectivity index (χ4n) is 1.03. The molecule has 98 valence electrons. The Hall–Kier alpha value is -1.67. The number of primary amides is 1. The van der Waals surface area contributed by atoms with Crippen LogP contribution >= 0.6 is 0 Å². The minimum absolute atomic E-state index is 0.122. The molecule has 0 spiro atoms. The molecule has 0 saturated heterocycles. The van der Waals surface area contributed by atoms with Crippen molar-refractivity contribution in [2.45, 2.75) is 38.0 Å². The second-order valence-corrected chi connectivity index (χ2v) is 3.67. The Balaban J connectivity index is 4.39. The van der Waals surface area contributed by atoms with Crippen molar-refractivity contribution in [2.24, 2.45) is 11.5 Å². The van der Waals surface area contributed by atoms with Crippen LogP contribution in [0.4, 0.5) is 0 Å². The number of amides is 2. The Kier molecular flexibility index (Phi) is 6.15. The molecule has 0 aliphatic carbocycles. The van der Waals surface area contributed by atoms with Gasteiger partial charge in [0.05, 0.1) is 6.10 Å². The molecule has 0 rings (SSSR count). The molecule has 2 amide bonds. The van der Waals surface area contributed by atoms with E-state index in [-0.39, 0.29) is 12.8 Å². The van der Waals surface area contributed by atoms with Crippen molar-refractivity contribution in [3.63, 3.8) is 0 Å². The number of aliphatic hydroxyl groups is 1. The van der Waals surface area contributed by atoms with Gasteiger partial charge in [0.15, 0.2) is 0 Å². The molecule has 8 nitrogen and oxygen atoms in total. The molecule has 0 aromatic rings. The van der Waals surface area contributed by atoms with E-state index in [4.69, 9.17) is 21.7 Å². The SMILES string of the molecule is CC(O)[C@H](N)C(=O)N[C@H](CCC(N)=O)C(=O)O. The highest BCUT2D eigenvalue weighted by atomic mass is 16.4. The molecule has 0 fully saturated rings. The minimum atomic E-state index is -1.29. The van der Waals surface area contributed by atoms with E-state index in [1.807, 2.05) is 0 Å². The summed E-state index contributed by atoms with van der Waals surface area (Å²) in [4.78, 5) is 32.6. The molecule has 0 aromatic carbocycles. The molecule has 8 heteroatoms. The number of nitrogens with two attached hydrogens (primary N) is 2. The summed E-state index contributed by atoms with van der Waals surface area (Å²) in [5, 5.41) is 20.0. The number of nitrogens with one attached hydrogen (secondary N) is 1. The number of rotatable bonds is 7. The average Bonchev–Trinajstić information content (AvgIpc) is 2.21. The molecule has 1 unspecified atom stereocenters. The number of aliphatic carboxylic acids is 1. The van der Waals surface area contributed by atoms with Crippen molar-refractivity contribution in [2.75, 3.05) is 0 Å². The predicted molar refractivity (Wildman–Crippen MR) is 57.7 cm³/mol. The maximum absolute atomic E-state index is 11.4. The smallest absolute Gasteiger partial charge is 0.326 e. The van der Waals surface area contributed by atoms with Crippen molar-refractivity contribution in [1.82, 2.24) is 5.32 Å². The minimum Gasteiger partial charge on any atom is -0.480 e. The van der Waals surface area contributed by atoms with E-state index in [0.29, 0.717) is 0 Å². The molecule has 17 heavy (non-hydrogen) atoms. The van der Waals surface area contributed by atoms with Gasteiger partial charge >= 0.3 is 5.97 Å². The molecule has 0 radical (unpaired) electrons. The van der Waals surface area contributed by atoms with Crippen LogP contribution in [0, 0.1) is 0 Å². The van der Waals surface area contributed by atoms with Crippen molar-refractivity contribution in [3.8, 4) is 0 Å². The second-order valence-electron chi connectivity index (χ2n) is 3.67. The fraction of sp³-hybridized carbons (Fsp3) is 0.667. The molecule has 0 saturated carbocycles. The van der Waals surface area contributed by atoms with Gasteiger partial charge in [0, 0.05) is 6.42 Å². The van der Waals surface area contributed by atoms with E-state index in [9.17, 15) is 14.4 Å². The van der Waals surface area contributed by atoms with Crippen molar-refractivity contribution >= 4 is 17.8 Å². The Morgan fingerprint density at radius 3 is 2.24 bits per heavy atom. The van der Waals surface area contributed by atoms with Gasteiger partial charge in [0.25, 0.3) is 0 Å². The summed E-state index contributed by atoms with van der Waals surface area (Å²) in [5.41, 5.74) is 10.2. The van der Waals surface area contributed by atoms with Gasteiger partial charge in [0.1, 0.15) is 12.1 Å². The average molecular weight is 247 g/mol. The van der Waals surface area contributed by atoms with E-state index >= 15 is 0 Å². The van der Waals surface area contributed by atoms with Gasteiger partial charge in [-0.2, -0.15) is 0 Å². The van der Waals surface area contributed by atoms with E-state index < -0.39 is 36.0 Å². The van der Waals surface area contributed by atoms with Crippen LogP contribution in [0.3, 0.4) is 0 Å². The first-order valence-corrected chi connectivity index (χ1v) is 5.00. The fourth-order valence-corrected chi connectivity index (χ4v) is 1.03. The number of carboxylic acids is 1. The molecular formula is C9H17N3O5. The van der Waals surface area contributed by atoms with Gasteiger partial charge in [-0.05, 0) is 13.3 Å². The third-order valence-corrected chi connectivity index (χ3v) is 2.12. The van der Waals surface area contributed by atoms with Gasteiger partial charge in [-0.1, -0.05) is 0 Å². The lowest BCUT2D eigenvalue weighted by atomic mass is 10.1. The zero-order valence-electron chi connectivity index (χ0n) is 9.42. The van der Waals surface area contributed by atoms with Crippen molar-refractivity contribution in [3.05, 3.63) is 0 Å². The van der Waals surface area contributed by atoms with Crippen LogP contribution in [-0.4, -0.2) is 46.2 Å². The van der Waals surface area contributed by atoms with E-state index in [1.165, 1.54) is 6.92 Å². The molecule has 0 aliphatic heterocycles. The van der Waals surface area contributed by atoms with Crippen LogP contribution in [-0.2, 0) is 14.4 Å². The summed E-state index contributed by atoms with van der Waals surface area (Å²) in [7, 11) is 0. The zero-order chi connectivity index (χ0) is 13.6. The predicted octanol–water partition coefficient (Wildman–Crippen LogP) is -2.47. The van der Waals surface area contributed by atoms with Crippen LogP contribution in [0.2, 0.25) is 0 Å². The largest absolute Gasteiger partial charge is 0.480 e. The zero-order valence-corrected chi connectivity index (χ0v) is 9.42. The van der Waals surface area contributed by atoms with Gasteiger partial charge in [-0.25, -0.2) is 4.79 Å². The van der Waals surface area contributed by atoms with Gasteiger partial charge in [0.2, 0.25) is 11.8 Å². The number of hydrogen-bond acceptors (Lipinski definition) is 5. The molecule has 0 bridgehead atoms. The van der Waals surface area contributed by atoms with Crippen molar-refractivity contribution in [1.29, 1.82) is 0 Å². The van der Waals surface area contributed by atoms with Crippen LogP contribution in [0.25, 0.3) is 0 Å². The maximum atomic E-state index is 11.4. The van der Waals surface area contributed by atoms with Gasteiger partial charge in [-0.3, -0.25) is 9.59 Å². The second kappa shape index (κ2) is 6.81. The number of carboxylic acid groups (broad SMARTS) is 1. The van der Waals surface area contributed by atoms with Crippen molar-refractivity contribution < 1.29 is 24.6 Å². The highest BCUT2D eigenvalue weighted by Crippen LogP contribution is 1.99. The third-order valence-electron chi connectivity index (χ3n) is 2.12. The van der Waals surface area contributed by atoms with Crippen LogP contribution in [0.15, 0.2) is 0 Å². The highest BCUT2D eigenvalue weighted by Gasteiger charge is 2.25. The summed E-state index contributed by atoms with van der Waals surface area (Å²) in [6.07, 6.45) is -1.38. The molecule has 0 heterocycles. The van der Waals surface area contributed by atoms with Crippen LogP contribution in [0.5, 0.6) is 0 Å². The summed E-state index contributed by atoms with van der Waals surface area (Å²) < 4.78 is 0. The topological polar surface area (TPSA) is 156 Å². The summed E-state index contributed by atoms with van der Waals surface area (Å²) in [6.45, 7) is 1.31. The Morgan fingerprint density at radius 2 is 1.88 bits per heavy atom. The lowest BCUT2D eigenvalue weighted by molar-refractivity contribution is -0.142. The summed E-state index contributed by atoms with van der Waals surface area (Å²) in [6, 6.07) is -2.47. The standard InChI is InChI=1S/C9H17N3O5/c1-4(13)7(11)8(15)12-5(9(16)17)2-3-6(10)14/h4-5,7,13H,2-3,11H2,1H3,(H2,10,14)(H,12,15)(H,16,17)/t4?,5-,7+/m1/s1. The number of aliphatic hydroxyl groups excluding tert-OH is 1. The van der Waals surface area contributed by atoms with E-state index in [2.05, 4.69) is 5.32 Å². The monoisotopic (exact) mass is 247 g/mol. The molecule has 0 aliphatic rings. The lowest BCUT2D eigenvalue weighted by Gasteiger charge is -2.18. The Bertz CT molecular complexity index is 305. The first kappa shape index (κ1) is 15.3.